The lowest BCUT2D eigenvalue weighted by molar-refractivity contribution is 0.596. The van der Waals surface area contributed by atoms with Crippen molar-refractivity contribution in [1.29, 1.82) is 0 Å². The summed E-state index contributed by atoms with van der Waals surface area (Å²) in [5.41, 5.74) is 2.84. The first-order valence-electron chi connectivity index (χ1n) is 6.13. The highest BCUT2D eigenvalue weighted by Gasteiger charge is 1.98. The standard InChI is InChI=1S/C14H19N3/c1-2-13-5-3-4-6-14(13)11-15-7-9-17-10-8-16-12-17/h3-6,8,10,12,15H,2,7,9,11H2,1H3. The van der Waals surface area contributed by atoms with Crippen LogP contribution in [0, 0.1) is 0 Å². The van der Waals surface area contributed by atoms with E-state index in [1.165, 1.54) is 11.1 Å². The minimum atomic E-state index is 0.943. The van der Waals surface area contributed by atoms with Gasteiger partial charge in [0.25, 0.3) is 0 Å². The molecule has 90 valence electrons. The lowest BCUT2D eigenvalue weighted by Crippen LogP contribution is -2.19. The molecule has 17 heavy (non-hydrogen) atoms. The number of aryl methyl sites for hydroxylation is 1. The number of imidazole rings is 1. The van der Waals surface area contributed by atoms with E-state index in [0.29, 0.717) is 0 Å². The van der Waals surface area contributed by atoms with Gasteiger partial charge in [-0.15, -0.1) is 0 Å². The van der Waals surface area contributed by atoms with E-state index in [2.05, 4.69) is 46.1 Å². The Labute approximate surface area is 103 Å². The molecule has 0 saturated heterocycles. The second-order valence-corrected chi connectivity index (χ2v) is 4.10. The zero-order chi connectivity index (χ0) is 11.9. The molecule has 1 aromatic heterocycles. The van der Waals surface area contributed by atoms with Crippen LogP contribution >= 0.6 is 0 Å². The number of rotatable bonds is 6. The van der Waals surface area contributed by atoms with E-state index in [-0.39, 0.29) is 0 Å². The first-order valence-corrected chi connectivity index (χ1v) is 6.13. The molecule has 0 radical (unpaired) electrons. The number of hydrogen-bond donors (Lipinski definition) is 1. The second kappa shape index (κ2) is 6.21. The van der Waals surface area contributed by atoms with Gasteiger partial charge in [0.2, 0.25) is 0 Å². The first-order chi connectivity index (χ1) is 8.40. The maximum absolute atomic E-state index is 4.02. The Kier molecular flexibility index (Phi) is 4.33. The van der Waals surface area contributed by atoms with Crippen LogP contribution in [0.15, 0.2) is 43.0 Å². The monoisotopic (exact) mass is 229 g/mol. The minimum absolute atomic E-state index is 0.943. The third-order valence-corrected chi connectivity index (χ3v) is 2.92. The molecule has 3 heteroatoms. The fourth-order valence-corrected chi connectivity index (χ4v) is 1.93. The van der Waals surface area contributed by atoms with Gasteiger partial charge >= 0.3 is 0 Å². The number of benzene rings is 1. The van der Waals surface area contributed by atoms with Crippen molar-refractivity contribution in [3.63, 3.8) is 0 Å². The Morgan fingerprint density at radius 1 is 1.24 bits per heavy atom. The molecule has 0 spiro atoms. The van der Waals surface area contributed by atoms with E-state index >= 15 is 0 Å². The molecule has 0 atom stereocenters. The maximum atomic E-state index is 4.02. The minimum Gasteiger partial charge on any atom is -0.336 e. The summed E-state index contributed by atoms with van der Waals surface area (Å²) in [6, 6.07) is 8.61. The lowest BCUT2D eigenvalue weighted by Gasteiger charge is -2.09. The Morgan fingerprint density at radius 3 is 2.76 bits per heavy atom. The highest BCUT2D eigenvalue weighted by Crippen LogP contribution is 2.08. The average molecular weight is 229 g/mol. The van der Waals surface area contributed by atoms with Gasteiger partial charge in [-0.25, -0.2) is 4.98 Å². The SMILES string of the molecule is CCc1ccccc1CNCCn1ccnc1. The predicted molar refractivity (Wildman–Crippen MR) is 69.8 cm³/mol. The van der Waals surface area contributed by atoms with Crippen molar-refractivity contribution in [3.8, 4) is 0 Å². The Morgan fingerprint density at radius 2 is 2.06 bits per heavy atom. The molecule has 2 aromatic rings. The zero-order valence-corrected chi connectivity index (χ0v) is 10.3. The smallest absolute Gasteiger partial charge is 0.0946 e. The topological polar surface area (TPSA) is 29.9 Å². The number of aromatic nitrogens is 2. The molecule has 0 fully saturated rings. The van der Waals surface area contributed by atoms with Gasteiger partial charge in [-0.3, -0.25) is 0 Å². The van der Waals surface area contributed by atoms with Gasteiger partial charge in [-0.2, -0.15) is 0 Å². The highest BCUT2D eigenvalue weighted by molar-refractivity contribution is 5.26. The van der Waals surface area contributed by atoms with E-state index in [1.54, 1.807) is 0 Å². The summed E-state index contributed by atoms with van der Waals surface area (Å²) in [5.74, 6) is 0. The number of hydrogen-bond acceptors (Lipinski definition) is 2. The van der Waals surface area contributed by atoms with E-state index in [1.807, 2.05) is 18.7 Å². The summed E-state index contributed by atoms with van der Waals surface area (Å²) in [7, 11) is 0. The molecule has 0 saturated carbocycles. The summed E-state index contributed by atoms with van der Waals surface area (Å²) < 4.78 is 2.08. The van der Waals surface area contributed by atoms with Crippen LogP contribution < -0.4 is 5.32 Å². The van der Waals surface area contributed by atoms with Gasteiger partial charge in [-0.05, 0) is 17.5 Å². The third-order valence-electron chi connectivity index (χ3n) is 2.92. The number of nitrogens with zero attached hydrogens (tertiary/aromatic N) is 2. The van der Waals surface area contributed by atoms with Crippen LogP contribution in [0.3, 0.4) is 0 Å². The van der Waals surface area contributed by atoms with Crippen molar-refractivity contribution < 1.29 is 0 Å². The summed E-state index contributed by atoms with van der Waals surface area (Å²) >= 11 is 0. The largest absolute Gasteiger partial charge is 0.336 e. The molecular formula is C14H19N3. The molecule has 0 bridgehead atoms. The molecule has 0 unspecified atom stereocenters. The lowest BCUT2D eigenvalue weighted by atomic mass is 10.1. The molecule has 2 rings (SSSR count). The van der Waals surface area contributed by atoms with E-state index < -0.39 is 0 Å². The van der Waals surface area contributed by atoms with Crippen LogP contribution in [0.5, 0.6) is 0 Å². The van der Waals surface area contributed by atoms with Crippen LogP contribution in [0.1, 0.15) is 18.1 Å². The fourth-order valence-electron chi connectivity index (χ4n) is 1.93. The van der Waals surface area contributed by atoms with Crippen LogP contribution in [0.4, 0.5) is 0 Å². The molecule has 1 aromatic carbocycles. The van der Waals surface area contributed by atoms with Crippen molar-refractivity contribution in [2.24, 2.45) is 0 Å². The molecule has 0 aliphatic carbocycles. The molecule has 0 amide bonds. The first kappa shape index (κ1) is 11.9. The van der Waals surface area contributed by atoms with Gasteiger partial charge in [0, 0.05) is 32.0 Å². The molecule has 3 nitrogen and oxygen atoms in total. The quantitative estimate of drug-likeness (QED) is 0.770. The Bertz CT molecular complexity index is 434. The van der Waals surface area contributed by atoms with Crippen molar-refractivity contribution >= 4 is 0 Å². The molecule has 0 aliphatic rings. The van der Waals surface area contributed by atoms with Gasteiger partial charge < -0.3 is 9.88 Å². The van der Waals surface area contributed by atoms with Gasteiger partial charge in [0.1, 0.15) is 0 Å². The van der Waals surface area contributed by atoms with Gasteiger partial charge in [0.05, 0.1) is 6.33 Å². The molecule has 0 aliphatic heterocycles. The van der Waals surface area contributed by atoms with Crippen molar-refractivity contribution in [3.05, 3.63) is 54.1 Å². The van der Waals surface area contributed by atoms with E-state index in [0.717, 1.165) is 26.1 Å². The second-order valence-electron chi connectivity index (χ2n) is 4.10. The van der Waals surface area contributed by atoms with Gasteiger partial charge in [-0.1, -0.05) is 31.2 Å². The number of nitrogens with one attached hydrogen (secondary N) is 1. The summed E-state index contributed by atoms with van der Waals surface area (Å²) in [4.78, 5) is 4.02. The molecule has 1 heterocycles. The predicted octanol–water partition coefficient (Wildman–Crippen LogP) is 2.24. The normalized spacial score (nSPS) is 10.6. The summed E-state index contributed by atoms with van der Waals surface area (Å²) in [6.07, 6.45) is 6.75. The van der Waals surface area contributed by atoms with Gasteiger partial charge in [0.15, 0.2) is 0 Å². The van der Waals surface area contributed by atoms with Crippen LogP contribution in [0.2, 0.25) is 0 Å². The summed E-state index contributed by atoms with van der Waals surface area (Å²) in [5, 5.41) is 3.47. The average Bonchev–Trinajstić information content (AvgIpc) is 2.88. The fraction of sp³-hybridized carbons (Fsp3) is 0.357. The maximum Gasteiger partial charge on any atom is 0.0946 e. The van der Waals surface area contributed by atoms with E-state index in [9.17, 15) is 0 Å². The van der Waals surface area contributed by atoms with Crippen molar-refractivity contribution in [2.45, 2.75) is 26.4 Å². The third kappa shape index (κ3) is 3.43. The van der Waals surface area contributed by atoms with Crippen molar-refractivity contribution in [2.75, 3.05) is 6.54 Å². The molecule has 1 N–H and O–H groups in total. The van der Waals surface area contributed by atoms with Crippen LogP contribution in [0.25, 0.3) is 0 Å². The highest BCUT2D eigenvalue weighted by atomic mass is 15.0. The van der Waals surface area contributed by atoms with E-state index in [4.69, 9.17) is 0 Å². The Hall–Kier alpha value is -1.61. The molecular weight excluding hydrogens is 210 g/mol. The van der Waals surface area contributed by atoms with Crippen LogP contribution in [-0.2, 0) is 19.5 Å². The zero-order valence-electron chi connectivity index (χ0n) is 10.3. The Balaban J connectivity index is 1.78. The van der Waals surface area contributed by atoms with Crippen molar-refractivity contribution in [1.82, 2.24) is 14.9 Å². The summed E-state index contributed by atoms with van der Waals surface area (Å²) in [6.45, 7) is 5.08. The van der Waals surface area contributed by atoms with Crippen LogP contribution in [-0.4, -0.2) is 16.1 Å².